The van der Waals surface area contributed by atoms with Gasteiger partial charge in [-0.15, -0.1) is 13.2 Å². The summed E-state index contributed by atoms with van der Waals surface area (Å²) in [7, 11) is 3.25. The van der Waals surface area contributed by atoms with Gasteiger partial charge >= 0.3 is 6.36 Å². The van der Waals surface area contributed by atoms with Crippen LogP contribution in [0, 0.1) is 0 Å². The molecule has 0 bridgehead atoms. The van der Waals surface area contributed by atoms with Crippen LogP contribution < -0.4 is 14.2 Å². The largest absolute Gasteiger partial charge is 0.573 e. The Morgan fingerprint density at radius 3 is 1.52 bits per heavy atom. The lowest BCUT2D eigenvalue weighted by Crippen LogP contribution is -2.16. The summed E-state index contributed by atoms with van der Waals surface area (Å²) in [5.41, 5.74) is 0. The quantitative estimate of drug-likeness (QED) is 0.846. The Kier molecular flexibility index (Phi) is 6.39. The summed E-state index contributed by atoms with van der Waals surface area (Å²) in [5, 5.41) is 0. The van der Waals surface area contributed by atoms with Crippen molar-refractivity contribution >= 4 is 0 Å². The van der Waals surface area contributed by atoms with Gasteiger partial charge in [-0.1, -0.05) is 30.3 Å². The highest BCUT2D eigenvalue weighted by molar-refractivity contribution is 5.39. The number of para-hydroxylation sites is 3. The molecule has 0 aliphatic heterocycles. The summed E-state index contributed by atoms with van der Waals surface area (Å²) < 4.78 is 48.2. The first-order valence-electron chi connectivity index (χ1n) is 5.94. The first-order chi connectivity index (χ1) is 9.96. The number of halogens is 3. The van der Waals surface area contributed by atoms with Gasteiger partial charge in [0.2, 0.25) is 0 Å². The Morgan fingerprint density at radius 1 is 0.714 bits per heavy atom. The van der Waals surface area contributed by atoms with Crippen molar-refractivity contribution in [2.24, 2.45) is 0 Å². The third kappa shape index (κ3) is 6.56. The standard InChI is InChI=1S/C8H10O2.C7H5F3O/c1-9-7-5-3-4-6-8(7)10-2;8-7(9,10)11-6-4-2-1-3-5-6/h3-6H,1-2H3;1-5H. The fraction of sp³-hybridized carbons (Fsp3) is 0.200. The minimum absolute atomic E-state index is 0.194. The van der Waals surface area contributed by atoms with E-state index in [1.807, 2.05) is 24.3 Å². The average Bonchev–Trinajstić information content (AvgIpc) is 2.47. The third-order valence-corrected chi connectivity index (χ3v) is 2.27. The molecule has 0 fully saturated rings. The number of rotatable bonds is 3. The van der Waals surface area contributed by atoms with Gasteiger partial charge in [-0.05, 0) is 24.3 Å². The van der Waals surface area contributed by atoms with Crippen LogP contribution in [0.1, 0.15) is 0 Å². The Balaban J connectivity index is 0.000000211. The van der Waals surface area contributed by atoms with Crippen LogP contribution in [0.3, 0.4) is 0 Å². The minimum Gasteiger partial charge on any atom is -0.493 e. The van der Waals surface area contributed by atoms with E-state index >= 15 is 0 Å². The molecule has 2 aromatic rings. The molecule has 6 heteroatoms. The molecule has 0 saturated carbocycles. The highest BCUT2D eigenvalue weighted by Gasteiger charge is 2.30. The molecule has 0 aromatic heterocycles. The topological polar surface area (TPSA) is 27.7 Å². The fourth-order valence-electron chi connectivity index (χ4n) is 1.41. The molecule has 0 N–H and O–H groups in total. The highest BCUT2D eigenvalue weighted by atomic mass is 19.4. The molecule has 0 unspecified atom stereocenters. The van der Waals surface area contributed by atoms with Crippen LogP contribution in [-0.2, 0) is 0 Å². The lowest BCUT2D eigenvalue weighted by Gasteiger charge is -2.07. The number of ether oxygens (including phenoxy) is 3. The number of alkyl halides is 3. The van der Waals surface area contributed by atoms with Crippen LogP contribution in [-0.4, -0.2) is 20.6 Å². The predicted molar refractivity (Wildman–Crippen MR) is 72.7 cm³/mol. The molecular weight excluding hydrogens is 285 g/mol. The third-order valence-electron chi connectivity index (χ3n) is 2.27. The number of hydrogen-bond acceptors (Lipinski definition) is 3. The van der Waals surface area contributed by atoms with Gasteiger partial charge in [0.05, 0.1) is 14.2 Å². The van der Waals surface area contributed by atoms with Gasteiger partial charge in [-0.25, -0.2) is 0 Å². The summed E-state index contributed by atoms with van der Waals surface area (Å²) >= 11 is 0. The Morgan fingerprint density at radius 2 is 1.14 bits per heavy atom. The predicted octanol–water partition coefficient (Wildman–Crippen LogP) is 4.29. The van der Waals surface area contributed by atoms with Crippen LogP contribution in [0.4, 0.5) is 13.2 Å². The van der Waals surface area contributed by atoms with Crippen molar-refractivity contribution < 1.29 is 27.4 Å². The zero-order valence-corrected chi connectivity index (χ0v) is 11.6. The van der Waals surface area contributed by atoms with Crippen LogP contribution in [0.15, 0.2) is 54.6 Å². The maximum absolute atomic E-state index is 11.5. The second kappa shape index (κ2) is 8.04. The maximum atomic E-state index is 11.5. The van der Waals surface area contributed by atoms with E-state index < -0.39 is 6.36 Å². The summed E-state index contributed by atoms with van der Waals surface area (Å²) in [5.74, 6) is 1.34. The van der Waals surface area contributed by atoms with E-state index in [2.05, 4.69) is 4.74 Å². The molecule has 0 heterocycles. The second-order valence-corrected chi connectivity index (χ2v) is 3.72. The minimum atomic E-state index is -4.60. The van der Waals surface area contributed by atoms with Crippen molar-refractivity contribution in [2.45, 2.75) is 6.36 Å². The van der Waals surface area contributed by atoms with Crippen molar-refractivity contribution in [3.8, 4) is 17.2 Å². The molecule has 114 valence electrons. The smallest absolute Gasteiger partial charge is 0.493 e. The molecule has 0 aliphatic carbocycles. The van der Waals surface area contributed by atoms with Gasteiger partial charge in [0, 0.05) is 0 Å². The van der Waals surface area contributed by atoms with Crippen molar-refractivity contribution in [3.05, 3.63) is 54.6 Å². The van der Waals surface area contributed by atoms with Gasteiger partial charge < -0.3 is 14.2 Å². The number of benzene rings is 2. The molecule has 0 atom stereocenters. The molecular formula is C15H15F3O3. The maximum Gasteiger partial charge on any atom is 0.573 e. The molecule has 21 heavy (non-hydrogen) atoms. The molecule has 0 saturated heterocycles. The van der Waals surface area contributed by atoms with Crippen LogP contribution in [0.25, 0.3) is 0 Å². The van der Waals surface area contributed by atoms with Crippen molar-refractivity contribution in [3.63, 3.8) is 0 Å². The van der Waals surface area contributed by atoms with Crippen molar-refractivity contribution in [2.75, 3.05) is 14.2 Å². The summed E-state index contributed by atoms with van der Waals surface area (Å²) in [6.45, 7) is 0. The van der Waals surface area contributed by atoms with E-state index in [-0.39, 0.29) is 5.75 Å². The molecule has 0 amide bonds. The zero-order chi connectivity index (χ0) is 15.7. The van der Waals surface area contributed by atoms with E-state index in [0.717, 1.165) is 11.5 Å². The van der Waals surface area contributed by atoms with Gasteiger partial charge in [0.15, 0.2) is 11.5 Å². The zero-order valence-electron chi connectivity index (χ0n) is 11.6. The molecule has 2 rings (SSSR count). The van der Waals surface area contributed by atoms with E-state index in [1.165, 1.54) is 24.3 Å². The number of methoxy groups -OCH3 is 2. The monoisotopic (exact) mass is 300 g/mol. The highest BCUT2D eigenvalue weighted by Crippen LogP contribution is 2.24. The van der Waals surface area contributed by atoms with Gasteiger partial charge in [-0.2, -0.15) is 0 Å². The first kappa shape index (κ1) is 16.7. The average molecular weight is 300 g/mol. The van der Waals surface area contributed by atoms with Gasteiger partial charge in [-0.3, -0.25) is 0 Å². The first-order valence-corrected chi connectivity index (χ1v) is 5.94. The summed E-state index contributed by atoms with van der Waals surface area (Å²) in [4.78, 5) is 0. The lowest BCUT2D eigenvalue weighted by atomic mass is 10.3. The van der Waals surface area contributed by atoms with Gasteiger partial charge in [0.1, 0.15) is 5.75 Å². The van der Waals surface area contributed by atoms with E-state index in [4.69, 9.17) is 9.47 Å². The Labute approximate surface area is 120 Å². The molecule has 0 radical (unpaired) electrons. The molecule has 3 nitrogen and oxygen atoms in total. The molecule has 0 aliphatic rings. The summed E-state index contributed by atoms with van der Waals surface area (Å²) in [6, 6.07) is 14.6. The van der Waals surface area contributed by atoms with Crippen LogP contribution >= 0.6 is 0 Å². The summed E-state index contributed by atoms with van der Waals surface area (Å²) in [6.07, 6.45) is -4.60. The second-order valence-electron chi connectivity index (χ2n) is 3.72. The van der Waals surface area contributed by atoms with Gasteiger partial charge in [0.25, 0.3) is 0 Å². The van der Waals surface area contributed by atoms with E-state index in [0.29, 0.717) is 0 Å². The number of hydrogen-bond donors (Lipinski definition) is 0. The van der Waals surface area contributed by atoms with E-state index in [1.54, 1.807) is 20.3 Å². The fourth-order valence-corrected chi connectivity index (χ4v) is 1.41. The van der Waals surface area contributed by atoms with Crippen molar-refractivity contribution in [1.29, 1.82) is 0 Å². The van der Waals surface area contributed by atoms with Crippen molar-refractivity contribution in [1.82, 2.24) is 0 Å². The van der Waals surface area contributed by atoms with Crippen LogP contribution in [0.5, 0.6) is 17.2 Å². The molecule has 0 spiro atoms. The normalized spacial score (nSPS) is 10.1. The molecule has 2 aromatic carbocycles. The Bertz CT molecular complexity index is 504. The van der Waals surface area contributed by atoms with E-state index in [9.17, 15) is 13.2 Å². The van der Waals surface area contributed by atoms with Crippen LogP contribution in [0.2, 0.25) is 0 Å². The lowest BCUT2D eigenvalue weighted by molar-refractivity contribution is -0.274. The Hall–Kier alpha value is -2.37. The SMILES string of the molecule is COc1ccccc1OC.FC(F)(F)Oc1ccccc1.